The Morgan fingerprint density at radius 2 is 1.64 bits per heavy atom. The van der Waals surface area contributed by atoms with E-state index in [0.717, 1.165) is 17.1 Å². The minimum Gasteiger partial charge on any atom is -0.355 e. The highest BCUT2D eigenvalue weighted by molar-refractivity contribution is 6.35. The molecule has 2 aromatic carbocycles. The molecule has 0 fully saturated rings. The van der Waals surface area contributed by atoms with Crippen molar-refractivity contribution in [1.82, 2.24) is 4.98 Å². The van der Waals surface area contributed by atoms with Gasteiger partial charge in [0.05, 0.1) is 0 Å². The fourth-order valence-corrected chi connectivity index (χ4v) is 2.88. The summed E-state index contributed by atoms with van der Waals surface area (Å²) in [5, 5.41) is 4.24. The number of nitrogens with one attached hydrogen (secondary N) is 1. The first kappa shape index (κ1) is 17.3. The van der Waals surface area contributed by atoms with Crippen molar-refractivity contribution in [2.75, 3.05) is 17.3 Å². The topological polar surface area (TPSA) is 45.2 Å². The molecule has 1 aromatic heterocycles. The maximum atomic E-state index is 12.7. The van der Waals surface area contributed by atoms with Gasteiger partial charge in [0.15, 0.2) is 0 Å². The second kappa shape index (κ2) is 7.55. The van der Waals surface area contributed by atoms with Crippen molar-refractivity contribution >= 4 is 46.2 Å². The van der Waals surface area contributed by atoms with Crippen LogP contribution in [0.15, 0.2) is 66.9 Å². The molecular weight excluding hydrogens is 357 g/mol. The number of aromatic nitrogens is 1. The van der Waals surface area contributed by atoms with Crippen molar-refractivity contribution in [3.63, 3.8) is 0 Å². The first-order valence-corrected chi connectivity index (χ1v) is 8.31. The van der Waals surface area contributed by atoms with Gasteiger partial charge in [0.1, 0.15) is 5.69 Å². The average molecular weight is 372 g/mol. The maximum Gasteiger partial charge on any atom is 0.276 e. The van der Waals surface area contributed by atoms with Crippen molar-refractivity contribution in [2.45, 2.75) is 0 Å². The number of rotatable bonds is 4. The Morgan fingerprint density at radius 1 is 0.960 bits per heavy atom. The van der Waals surface area contributed by atoms with E-state index in [2.05, 4.69) is 10.3 Å². The predicted molar refractivity (Wildman–Crippen MR) is 103 cm³/mol. The van der Waals surface area contributed by atoms with Crippen LogP contribution in [0, 0.1) is 0 Å². The minimum absolute atomic E-state index is 0.195. The summed E-state index contributed by atoms with van der Waals surface area (Å²) >= 11 is 12.0. The predicted octanol–water partition coefficient (Wildman–Crippen LogP) is 5.41. The van der Waals surface area contributed by atoms with E-state index >= 15 is 0 Å². The number of hydrogen-bond donors (Lipinski definition) is 1. The van der Waals surface area contributed by atoms with Crippen LogP contribution in [-0.4, -0.2) is 17.9 Å². The Morgan fingerprint density at radius 3 is 2.32 bits per heavy atom. The second-order valence-electron chi connectivity index (χ2n) is 5.41. The molecule has 0 aliphatic heterocycles. The molecular formula is C19H15Cl2N3O. The summed E-state index contributed by atoms with van der Waals surface area (Å²) in [4.78, 5) is 18.4. The van der Waals surface area contributed by atoms with Crippen LogP contribution in [0.4, 0.5) is 17.1 Å². The minimum atomic E-state index is -0.195. The van der Waals surface area contributed by atoms with Gasteiger partial charge in [0, 0.05) is 40.4 Å². The number of hydrogen-bond acceptors (Lipinski definition) is 3. The molecule has 4 nitrogen and oxygen atoms in total. The molecule has 1 N–H and O–H groups in total. The molecule has 6 heteroatoms. The largest absolute Gasteiger partial charge is 0.355 e. The van der Waals surface area contributed by atoms with Gasteiger partial charge >= 0.3 is 0 Å². The van der Waals surface area contributed by atoms with E-state index in [4.69, 9.17) is 23.2 Å². The standard InChI is InChI=1S/C19H15Cl2N3O/c1-24(17-5-3-2-4-6-17)19(25)18-12-15(7-8-22-18)23-16-10-13(20)9-14(21)11-16/h2-12H,1H3,(H,22,23). The van der Waals surface area contributed by atoms with Gasteiger partial charge in [-0.05, 0) is 42.5 Å². The van der Waals surface area contributed by atoms with Gasteiger partial charge in [-0.2, -0.15) is 0 Å². The quantitative estimate of drug-likeness (QED) is 0.666. The summed E-state index contributed by atoms with van der Waals surface area (Å²) in [6.45, 7) is 0. The molecule has 0 unspecified atom stereocenters. The van der Waals surface area contributed by atoms with E-state index < -0.39 is 0 Å². The molecule has 0 spiro atoms. The van der Waals surface area contributed by atoms with Crippen LogP contribution in [0.1, 0.15) is 10.5 Å². The molecule has 0 saturated heterocycles. The number of carbonyl (C=O) groups is 1. The normalized spacial score (nSPS) is 10.4. The zero-order chi connectivity index (χ0) is 17.8. The smallest absolute Gasteiger partial charge is 0.276 e. The van der Waals surface area contributed by atoms with Gasteiger partial charge in [0.25, 0.3) is 5.91 Å². The van der Waals surface area contributed by atoms with Gasteiger partial charge in [-0.3, -0.25) is 9.78 Å². The first-order valence-electron chi connectivity index (χ1n) is 7.55. The molecule has 0 atom stereocenters. The summed E-state index contributed by atoms with van der Waals surface area (Å²) in [7, 11) is 1.72. The van der Waals surface area contributed by atoms with Crippen molar-refractivity contribution in [1.29, 1.82) is 0 Å². The molecule has 25 heavy (non-hydrogen) atoms. The monoisotopic (exact) mass is 371 g/mol. The number of amides is 1. The summed E-state index contributed by atoms with van der Waals surface area (Å²) < 4.78 is 0. The number of benzene rings is 2. The van der Waals surface area contributed by atoms with Crippen LogP contribution in [0.2, 0.25) is 10.0 Å². The molecule has 0 saturated carbocycles. The molecule has 1 amide bonds. The number of nitrogens with zero attached hydrogens (tertiary/aromatic N) is 2. The summed E-state index contributed by atoms with van der Waals surface area (Å²) in [5.74, 6) is -0.195. The lowest BCUT2D eigenvalue weighted by atomic mass is 10.2. The second-order valence-corrected chi connectivity index (χ2v) is 6.29. The number of anilines is 3. The van der Waals surface area contributed by atoms with Gasteiger partial charge in [0.2, 0.25) is 0 Å². The number of carbonyl (C=O) groups excluding carboxylic acids is 1. The fraction of sp³-hybridized carbons (Fsp3) is 0.0526. The molecule has 0 aliphatic rings. The zero-order valence-electron chi connectivity index (χ0n) is 13.4. The Labute approximate surface area is 156 Å². The average Bonchev–Trinajstić information content (AvgIpc) is 2.60. The Kier molecular flexibility index (Phi) is 5.22. The van der Waals surface area contributed by atoms with E-state index in [9.17, 15) is 4.79 Å². The van der Waals surface area contributed by atoms with Gasteiger partial charge < -0.3 is 10.2 Å². The molecule has 0 radical (unpaired) electrons. The molecule has 1 heterocycles. The van der Waals surface area contributed by atoms with Crippen molar-refractivity contribution in [3.05, 3.63) is 82.6 Å². The molecule has 0 bridgehead atoms. The Balaban J connectivity index is 1.82. The van der Waals surface area contributed by atoms with E-state index in [0.29, 0.717) is 15.7 Å². The van der Waals surface area contributed by atoms with Crippen molar-refractivity contribution < 1.29 is 4.79 Å². The molecule has 3 aromatic rings. The molecule has 126 valence electrons. The highest BCUT2D eigenvalue weighted by atomic mass is 35.5. The highest BCUT2D eigenvalue weighted by Crippen LogP contribution is 2.25. The van der Waals surface area contributed by atoms with E-state index in [1.165, 1.54) is 0 Å². The highest BCUT2D eigenvalue weighted by Gasteiger charge is 2.15. The lowest BCUT2D eigenvalue weighted by molar-refractivity contribution is 0.0988. The SMILES string of the molecule is CN(C(=O)c1cc(Nc2cc(Cl)cc(Cl)c2)ccn1)c1ccccc1. The third kappa shape index (κ3) is 4.29. The third-order valence-electron chi connectivity index (χ3n) is 3.58. The van der Waals surface area contributed by atoms with Crippen LogP contribution in [0.5, 0.6) is 0 Å². The van der Waals surface area contributed by atoms with Crippen LogP contribution in [0.25, 0.3) is 0 Å². The Bertz CT molecular complexity index is 880. The van der Waals surface area contributed by atoms with E-state index in [1.54, 1.807) is 48.5 Å². The zero-order valence-corrected chi connectivity index (χ0v) is 14.9. The summed E-state index contributed by atoms with van der Waals surface area (Å²) in [6, 6.07) is 18.0. The first-order chi connectivity index (χ1) is 12.0. The van der Waals surface area contributed by atoms with E-state index in [1.807, 2.05) is 30.3 Å². The van der Waals surface area contributed by atoms with Crippen LogP contribution in [0.3, 0.4) is 0 Å². The fourth-order valence-electron chi connectivity index (χ4n) is 2.36. The van der Waals surface area contributed by atoms with Crippen LogP contribution >= 0.6 is 23.2 Å². The van der Waals surface area contributed by atoms with E-state index in [-0.39, 0.29) is 5.91 Å². The third-order valence-corrected chi connectivity index (χ3v) is 4.01. The van der Waals surface area contributed by atoms with Crippen molar-refractivity contribution in [3.8, 4) is 0 Å². The van der Waals surface area contributed by atoms with Crippen molar-refractivity contribution in [2.24, 2.45) is 0 Å². The summed E-state index contributed by atoms with van der Waals surface area (Å²) in [6.07, 6.45) is 1.58. The van der Waals surface area contributed by atoms with Gasteiger partial charge in [-0.25, -0.2) is 0 Å². The number of para-hydroxylation sites is 1. The number of pyridine rings is 1. The maximum absolute atomic E-state index is 12.7. The van der Waals surface area contributed by atoms with Gasteiger partial charge in [-0.1, -0.05) is 41.4 Å². The lowest BCUT2D eigenvalue weighted by Gasteiger charge is -2.17. The number of halogens is 2. The lowest BCUT2D eigenvalue weighted by Crippen LogP contribution is -2.27. The van der Waals surface area contributed by atoms with Crippen LogP contribution in [-0.2, 0) is 0 Å². The molecule has 0 aliphatic carbocycles. The summed E-state index contributed by atoms with van der Waals surface area (Å²) in [5.41, 5.74) is 2.59. The van der Waals surface area contributed by atoms with Gasteiger partial charge in [-0.15, -0.1) is 0 Å². The van der Waals surface area contributed by atoms with Crippen LogP contribution < -0.4 is 10.2 Å². The molecule has 3 rings (SSSR count). The Hall–Kier alpha value is -2.56.